The summed E-state index contributed by atoms with van der Waals surface area (Å²) < 4.78 is 0. The fraction of sp³-hybridized carbons (Fsp3) is 0.500. The highest BCUT2D eigenvalue weighted by Gasteiger charge is 2.13. The molecule has 1 fully saturated rings. The van der Waals surface area contributed by atoms with E-state index in [1.54, 1.807) is 0 Å². The second-order valence-electron chi connectivity index (χ2n) is 4.48. The first-order chi connectivity index (χ1) is 7.40. The minimum Gasteiger partial charge on any atom is -0.281 e. The number of benzene rings is 1. The van der Waals surface area contributed by atoms with Gasteiger partial charge in [0.15, 0.2) is 0 Å². The third kappa shape index (κ3) is 2.68. The Kier molecular flexibility index (Phi) is 3.54. The normalized spacial score (nSPS) is 18.4. The van der Waals surface area contributed by atoms with Crippen molar-refractivity contribution in [3.63, 3.8) is 0 Å². The van der Waals surface area contributed by atoms with E-state index in [2.05, 4.69) is 12.1 Å². The van der Waals surface area contributed by atoms with Crippen LogP contribution in [-0.2, 0) is 0 Å². The molecule has 1 aliphatic carbocycles. The molecule has 1 heteroatoms. The van der Waals surface area contributed by atoms with Crippen molar-refractivity contribution < 1.29 is 4.79 Å². The van der Waals surface area contributed by atoms with E-state index in [4.69, 9.17) is 4.79 Å². The van der Waals surface area contributed by atoms with E-state index in [1.807, 2.05) is 12.1 Å². The lowest BCUT2D eigenvalue weighted by Crippen LogP contribution is -1.97. The van der Waals surface area contributed by atoms with Gasteiger partial charge in [-0.05, 0) is 36.5 Å². The van der Waals surface area contributed by atoms with Gasteiger partial charge in [0.2, 0.25) is 0 Å². The third-order valence-corrected chi connectivity index (χ3v) is 3.41. The highest BCUT2D eigenvalue weighted by Crippen LogP contribution is 2.31. The van der Waals surface area contributed by atoms with Gasteiger partial charge in [-0.15, -0.1) is 0 Å². The molecule has 0 spiro atoms. The Hall–Kier alpha value is -1.11. The minimum atomic E-state index is 0.750. The van der Waals surface area contributed by atoms with Crippen LogP contribution in [0.15, 0.2) is 24.3 Å². The molecule has 1 aliphatic rings. The van der Waals surface area contributed by atoms with Gasteiger partial charge in [-0.2, -0.15) is 0 Å². The molecular formula is C14H19O+. The monoisotopic (exact) mass is 203 g/mol. The smallest absolute Gasteiger partial charge is 0.281 e. The molecule has 15 heavy (non-hydrogen) atoms. The largest absolute Gasteiger partial charge is 0.312 e. The third-order valence-electron chi connectivity index (χ3n) is 3.41. The number of rotatable bonds is 2. The van der Waals surface area contributed by atoms with E-state index in [1.165, 1.54) is 44.1 Å². The quantitative estimate of drug-likeness (QED) is 0.397. The lowest BCUT2D eigenvalue weighted by Gasteiger charge is -2.13. The van der Waals surface area contributed by atoms with E-state index in [9.17, 15) is 0 Å². The van der Waals surface area contributed by atoms with Gasteiger partial charge in [0.1, 0.15) is 0 Å². The zero-order valence-electron chi connectivity index (χ0n) is 9.15. The summed E-state index contributed by atoms with van der Waals surface area (Å²) in [5.74, 6) is 0.750. The minimum absolute atomic E-state index is 0.750. The van der Waals surface area contributed by atoms with Crippen molar-refractivity contribution in [1.82, 2.24) is 0 Å². The second kappa shape index (κ2) is 5.11. The second-order valence-corrected chi connectivity index (χ2v) is 4.48. The van der Waals surface area contributed by atoms with Gasteiger partial charge in [-0.3, -0.25) is 4.79 Å². The molecule has 0 aromatic heterocycles. The van der Waals surface area contributed by atoms with E-state index in [0.717, 1.165) is 17.8 Å². The summed E-state index contributed by atoms with van der Waals surface area (Å²) in [6.07, 6.45) is 9.39. The molecule has 0 aliphatic heterocycles. The molecule has 1 nitrogen and oxygen atoms in total. The number of hydrogen-bond donors (Lipinski definition) is 0. The zero-order valence-corrected chi connectivity index (χ0v) is 9.15. The van der Waals surface area contributed by atoms with Crippen molar-refractivity contribution in [3.05, 3.63) is 35.4 Å². The summed E-state index contributed by atoms with van der Waals surface area (Å²) in [4.78, 5) is 8.86. The predicted molar refractivity (Wildman–Crippen MR) is 64.0 cm³/mol. The van der Waals surface area contributed by atoms with Crippen LogP contribution >= 0.6 is 0 Å². The molecule has 0 radical (unpaired) electrons. The van der Waals surface area contributed by atoms with Crippen LogP contribution < -0.4 is 0 Å². The standard InChI is InChI=1S/C14H18O/c15-11-12-7-9-14(10-8-12)13-5-3-1-2-4-6-13/h7-11,13H,1-6H2/p+1. The molecule has 0 unspecified atom stereocenters. The maximum absolute atomic E-state index is 8.86. The van der Waals surface area contributed by atoms with E-state index < -0.39 is 0 Å². The van der Waals surface area contributed by atoms with Crippen LogP contribution in [0.3, 0.4) is 0 Å². The topological polar surface area (TPSA) is 21.4 Å². The van der Waals surface area contributed by atoms with Gasteiger partial charge in [-0.1, -0.05) is 37.8 Å². The fourth-order valence-corrected chi connectivity index (χ4v) is 2.47. The van der Waals surface area contributed by atoms with Gasteiger partial charge in [0.05, 0.1) is 5.56 Å². The van der Waals surface area contributed by atoms with Crippen molar-refractivity contribution in [2.45, 2.75) is 44.4 Å². The highest BCUT2D eigenvalue weighted by atomic mass is 16.1. The molecule has 1 aromatic carbocycles. The van der Waals surface area contributed by atoms with Gasteiger partial charge in [0, 0.05) is 0 Å². The van der Waals surface area contributed by atoms with Gasteiger partial charge >= 0.3 is 6.29 Å². The Morgan fingerprint density at radius 3 is 2.07 bits per heavy atom. The van der Waals surface area contributed by atoms with Gasteiger partial charge in [-0.25, -0.2) is 0 Å². The Morgan fingerprint density at radius 2 is 1.53 bits per heavy atom. The van der Waals surface area contributed by atoms with Crippen molar-refractivity contribution in [1.29, 1.82) is 0 Å². The van der Waals surface area contributed by atoms with Crippen LogP contribution in [0.2, 0.25) is 0 Å². The summed E-state index contributed by atoms with van der Waals surface area (Å²) in [6, 6.07) is 8.33. The first-order valence-corrected chi connectivity index (χ1v) is 5.97. The Labute approximate surface area is 91.5 Å². The fourth-order valence-electron chi connectivity index (χ4n) is 2.47. The number of carbonyl (C=O) groups excluding carboxylic acids is 1. The summed E-state index contributed by atoms with van der Waals surface area (Å²) in [6.45, 7) is 0. The van der Waals surface area contributed by atoms with E-state index in [-0.39, 0.29) is 0 Å². The average Bonchev–Trinajstić information content (AvgIpc) is 2.58. The van der Waals surface area contributed by atoms with Crippen molar-refractivity contribution in [2.75, 3.05) is 0 Å². The maximum atomic E-state index is 8.86. The van der Waals surface area contributed by atoms with Crippen molar-refractivity contribution >= 4 is 6.29 Å². The molecule has 1 saturated carbocycles. The SMILES string of the molecule is [OH+]=Cc1ccc(C2CCCCCC2)cc1. The molecule has 80 valence electrons. The van der Waals surface area contributed by atoms with Gasteiger partial charge in [0.25, 0.3) is 0 Å². The summed E-state index contributed by atoms with van der Waals surface area (Å²) in [5.41, 5.74) is 2.34. The summed E-state index contributed by atoms with van der Waals surface area (Å²) >= 11 is 0. The predicted octanol–water partition coefficient (Wildman–Crippen LogP) is 3.65. The Morgan fingerprint density at radius 1 is 0.933 bits per heavy atom. The summed E-state index contributed by atoms with van der Waals surface area (Å²) in [7, 11) is 0. The molecule has 0 bridgehead atoms. The molecular weight excluding hydrogens is 184 g/mol. The maximum Gasteiger partial charge on any atom is 0.312 e. The van der Waals surface area contributed by atoms with Crippen molar-refractivity contribution in [3.8, 4) is 0 Å². The number of aldehydes is 1. The lowest BCUT2D eigenvalue weighted by molar-refractivity contribution is 0.592. The molecule has 0 saturated heterocycles. The zero-order chi connectivity index (χ0) is 10.5. The van der Waals surface area contributed by atoms with Crippen LogP contribution in [0.25, 0.3) is 0 Å². The first kappa shape index (κ1) is 10.4. The van der Waals surface area contributed by atoms with Crippen molar-refractivity contribution in [2.24, 2.45) is 0 Å². The Balaban J connectivity index is 2.09. The molecule has 0 heterocycles. The van der Waals surface area contributed by atoms with E-state index in [0.29, 0.717) is 0 Å². The molecule has 1 N–H and O–H groups in total. The van der Waals surface area contributed by atoms with E-state index >= 15 is 0 Å². The molecule has 2 rings (SSSR count). The Bertz CT molecular complexity index is 305. The van der Waals surface area contributed by atoms with Crippen LogP contribution in [0, 0.1) is 0 Å². The van der Waals surface area contributed by atoms with Gasteiger partial charge < -0.3 is 0 Å². The van der Waals surface area contributed by atoms with Crippen LogP contribution in [0.1, 0.15) is 55.6 Å². The first-order valence-electron chi connectivity index (χ1n) is 5.97. The highest BCUT2D eigenvalue weighted by molar-refractivity contribution is 5.75. The van der Waals surface area contributed by atoms with Crippen LogP contribution in [0.5, 0.6) is 0 Å². The summed E-state index contributed by atoms with van der Waals surface area (Å²) in [5, 5.41) is 0. The van der Waals surface area contributed by atoms with Crippen LogP contribution in [-0.4, -0.2) is 11.1 Å². The molecule has 1 aromatic rings. The average molecular weight is 203 g/mol. The van der Waals surface area contributed by atoms with Crippen LogP contribution in [0.4, 0.5) is 0 Å². The lowest BCUT2D eigenvalue weighted by atomic mass is 9.91. The number of hydrogen-bond acceptors (Lipinski definition) is 0. The molecule has 0 atom stereocenters. The molecule has 0 amide bonds.